The summed E-state index contributed by atoms with van der Waals surface area (Å²) in [4.78, 5) is 36.1. The standard InChI is InChI=1S/C6H14O10P2S2/c7-1-2(8)5(15-17(11,12)19)4(10)6(3(1)9)16-18(13,14)20/h1-10H,(H2,11,12,19)(H2,13,14,20)/t1-,2-,3+,4+,5+,6-. The molecule has 1 saturated carbocycles. The van der Waals surface area contributed by atoms with Crippen molar-refractivity contribution in [3.63, 3.8) is 0 Å². The highest BCUT2D eigenvalue weighted by Crippen LogP contribution is 2.45. The van der Waals surface area contributed by atoms with E-state index in [2.05, 4.69) is 32.7 Å². The molecule has 6 atom stereocenters. The van der Waals surface area contributed by atoms with Gasteiger partial charge in [-0.1, -0.05) is 0 Å². The van der Waals surface area contributed by atoms with Crippen molar-refractivity contribution in [2.75, 3.05) is 0 Å². The minimum absolute atomic E-state index is 1.83. The third-order valence-electron chi connectivity index (χ3n) is 2.56. The molecule has 1 aliphatic rings. The van der Waals surface area contributed by atoms with Gasteiger partial charge in [0.15, 0.2) is 0 Å². The van der Waals surface area contributed by atoms with Gasteiger partial charge in [-0.25, -0.2) is 0 Å². The van der Waals surface area contributed by atoms with Gasteiger partial charge in [0.25, 0.3) is 0 Å². The fourth-order valence-electron chi connectivity index (χ4n) is 1.75. The topological polar surface area (TPSA) is 180 Å². The first-order valence-corrected chi connectivity index (χ1v) is 10.3. The summed E-state index contributed by atoms with van der Waals surface area (Å²) in [6.45, 7) is -8.62. The molecule has 120 valence electrons. The van der Waals surface area contributed by atoms with Crippen molar-refractivity contribution in [3.05, 3.63) is 0 Å². The summed E-state index contributed by atoms with van der Waals surface area (Å²) in [6.07, 6.45) is -11.4. The molecule has 1 fully saturated rings. The zero-order valence-corrected chi connectivity index (χ0v) is 13.0. The van der Waals surface area contributed by atoms with Gasteiger partial charge >= 0.3 is 13.4 Å². The molecule has 0 spiro atoms. The van der Waals surface area contributed by atoms with Crippen molar-refractivity contribution in [2.45, 2.75) is 36.6 Å². The van der Waals surface area contributed by atoms with Crippen LogP contribution in [0.1, 0.15) is 0 Å². The molecule has 20 heavy (non-hydrogen) atoms. The van der Waals surface area contributed by atoms with Crippen LogP contribution in [0.25, 0.3) is 0 Å². The molecule has 0 heterocycles. The molecular weight excluding hydrogens is 358 g/mol. The molecule has 10 nitrogen and oxygen atoms in total. The summed E-state index contributed by atoms with van der Waals surface area (Å²) in [7, 11) is 0. The maximum absolute atomic E-state index is 9.83. The van der Waals surface area contributed by atoms with E-state index in [4.69, 9.17) is 19.6 Å². The Bertz CT molecular complexity index is 397. The van der Waals surface area contributed by atoms with E-state index in [1.54, 1.807) is 0 Å². The van der Waals surface area contributed by atoms with Crippen molar-refractivity contribution < 1.29 is 49.0 Å². The molecule has 8 N–H and O–H groups in total. The van der Waals surface area contributed by atoms with Crippen LogP contribution in [-0.2, 0) is 32.7 Å². The predicted octanol–water partition coefficient (Wildman–Crippen LogP) is -3.37. The molecule has 1 aliphatic carbocycles. The van der Waals surface area contributed by atoms with Crippen LogP contribution in [0, 0.1) is 0 Å². The Morgan fingerprint density at radius 3 is 1.15 bits per heavy atom. The number of aliphatic hydroxyl groups is 4. The Labute approximate surface area is 123 Å². The van der Waals surface area contributed by atoms with E-state index in [1.807, 2.05) is 0 Å². The molecule has 0 aromatic heterocycles. The molecule has 1 rings (SSSR count). The Kier molecular flexibility index (Phi) is 6.22. The minimum atomic E-state index is -4.31. The minimum Gasteiger partial charge on any atom is -0.387 e. The SMILES string of the molecule is O[C@@H]1[C@@H](O)[C@H](OP(O)(O)=S)[C@H](O)[C@H](OP(O)(O)=S)[C@H]1O. The molecule has 0 aliphatic heterocycles. The Balaban J connectivity index is 3.02. The van der Waals surface area contributed by atoms with Crippen LogP contribution in [0.4, 0.5) is 0 Å². The van der Waals surface area contributed by atoms with Crippen LogP contribution >= 0.6 is 13.4 Å². The number of rotatable bonds is 4. The average Bonchev–Trinajstić information content (AvgIpc) is 2.25. The molecular formula is C6H14O10P2S2. The van der Waals surface area contributed by atoms with E-state index < -0.39 is 50.1 Å². The van der Waals surface area contributed by atoms with Gasteiger partial charge in [-0.3, -0.25) is 9.05 Å². The maximum atomic E-state index is 9.83. The van der Waals surface area contributed by atoms with Crippen molar-refractivity contribution >= 4 is 37.1 Å². The Morgan fingerprint density at radius 1 is 0.600 bits per heavy atom. The molecule has 0 radical (unpaired) electrons. The van der Waals surface area contributed by atoms with Crippen LogP contribution in [0.5, 0.6) is 0 Å². The van der Waals surface area contributed by atoms with Crippen molar-refractivity contribution in [3.8, 4) is 0 Å². The van der Waals surface area contributed by atoms with Crippen LogP contribution in [0.2, 0.25) is 0 Å². The quantitative estimate of drug-likeness (QED) is 0.230. The fraction of sp³-hybridized carbons (Fsp3) is 1.00. The van der Waals surface area contributed by atoms with E-state index in [0.29, 0.717) is 0 Å². The zero-order chi connectivity index (χ0) is 15.9. The second kappa shape index (κ2) is 6.57. The molecule has 0 amide bonds. The molecule has 0 unspecified atom stereocenters. The van der Waals surface area contributed by atoms with E-state index in [9.17, 15) is 20.4 Å². The Hall–Kier alpha value is 0.900. The summed E-state index contributed by atoms with van der Waals surface area (Å²) in [5.74, 6) is 0. The average molecular weight is 372 g/mol. The first-order valence-electron chi connectivity index (χ1n) is 5.03. The van der Waals surface area contributed by atoms with Crippen molar-refractivity contribution in [1.29, 1.82) is 0 Å². The molecule has 0 aromatic rings. The fourth-order valence-corrected chi connectivity index (χ4v) is 3.48. The Morgan fingerprint density at radius 2 is 0.900 bits per heavy atom. The highest BCUT2D eigenvalue weighted by Gasteiger charge is 2.52. The van der Waals surface area contributed by atoms with E-state index in [1.165, 1.54) is 0 Å². The predicted molar refractivity (Wildman–Crippen MR) is 71.2 cm³/mol. The van der Waals surface area contributed by atoms with Gasteiger partial charge in [-0.2, -0.15) is 0 Å². The summed E-state index contributed by atoms with van der Waals surface area (Å²) >= 11 is 8.34. The van der Waals surface area contributed by atoms with Gasteiger partial charge < -0.3 is 40.0 Å². The third-order valence-corrected chi connectivity index (χ3v) is 4.12. The highest BCUT2D eigenvalue weighted by molar-refractivity contribution is 8.07. The lowest BCUT2D eigenvalue weighted by Gasteiger charge is -2.43. The smallest absolute Gasteiger partial charge is 0.322 e. The number of hydrogen-bond acceptors (Lipinski definition) is 8. The van der Waals surface area contributed by atoms with Gasteiger partial charge in [0.1, 0.15) is 36.6 Å². The molecule has 14 heteroatoms. The molecule has 0 saturated heterocycles. The normalized spacial score (nSPS) is 39.8. The molecule has 0 bridgehead atoms. The third kappa shape index (κ3) is 4.97. The van der Waals surface area contributed by atoms with Gasteiger partial charge in [0.05, 0.1) is 0 Å². The first-order chi connectivity index (χ1) is 8.83. The van der Waals surface area contributed by atoms with Crippen LogP contribution in [-0.4, -0.2) is 76.6 Å². The van der Waals surface area contributed by atoms with Gasteiger partial charge in [-0.05, 0) is 23.6 Å². The summed E-state index contributed by atoms with van der Waals surface area (Å²) in [5, 5.41) is 38.6. The van der Waals surface area contributed by atoms with Crippen LogP contribution in [0.3, 0.4) is 0 Å². The summed E-state index contributed by atoms with van der Waals surface area (Å²) in [5.41, 5.74) is 0. The van der Waals surface area contributed by atoms with Crippen LogP contribution < -0.4 is 0 Å². The van der Waals surface area contributed by atoms with E-state index >= 15 is 0 Å². The van der Waals surface area contributed by atoms with E-state index in [0.717, 1.165) is 0 Å². The van der Waals surface area contributed by atoms with Crippen LogP contribution in [0.15, 0.2) is 0 Å². The molecule has 0 aromatic carbocycles. The van der Waals surface area contributed by atoms with Crippen molar-refractivity contribution in [1.82, 2.24) is 0 Å². The second-order valence-corrected chi connectivity index (χ2v) is 9.32. The lowest BCUT2D eigenvalue weighted by atomic mass is 9.85. The van der Waals surface area contributed by atoms with Gasteiger partial charge in [0.2, 0.25) is 0 Å². The maximum Gasteiger partial charge on any atom is 0.322 e. The second-order valence-electron chi connectivity index (χ2n) is 4.08. The summed E-state index contributed by atoms with van der Waals surface area (Å²) < 4.78 is 8.94. The van der Waals surface area contributed by atoms with Crippen molar-refractivity contribution in [2.24, 2.45) is 0 Å². The largest absolute Gasteiger partial charge is 0.387 e. The first kappa shape index (κ1) is 18.9. The monoisotopic (exact) mass is 372 g/mol. The number of hydrogen-bond donors (Lipinski definition) is 8. The van der Waals surface area contributed by atoms with Gasteiger partial charge in [-0.15, -0.1) is 0 Å². The highest BCUT2D eigenvalue weighted by atomic mass is 32.5. The van der Waals surface area contributed by atoms with E-state index in [-0.39, 0.29) is 0 Å². The zero-order valence-electron chi connectivity index (χ0n) is 9.57. The van der Waals surface area contributed by atoms with Gasteiger partial charge in [0, 0.05) is 0 Å². The lowest BCUT2D eigenvalue weighted by Crippen LogP contribution is -2.64. The summed E-state index contributed by atoms with van der Waals surface area (Å²) in [6, 6.07) is 0. The lowest BCUT2D eigenvalue weighted by molar-refractivity contribution is -0.213. The number of aliphatic hydroxyl groups excluding tert-OH is 4.